The Kier molecular flexibility index (Phi) is 6.65. The molecule has 0 aromatic heterocycles. The van der Waals surface area contributed by atoms with Crippen molar-refractivity contribution in [1.82, 2.24) is 5.32 Å². The van der Waals surface area contributed by atoms with E-state index in [1.54, 1.807) is 0 Å². The molecule has 18 heavy (non-hydrogen) atoms. The van der Waals surface area contributed by atoms with Crippen LogP contribution in [0, 0.1) is 23.2 Å². The molecule has 1 aliphatic rings. The molecule has 1 fully saturated rings. The second-order valence-electron chi connectivity index (χ2n) is 7.18. The lowest BCUT2D eigenvalue weighted by molar-refractivity contribution is 0.215. The van der Waals surface area contributed by atoms with Gasteiger partial charge in [-0.2, -0.15) is 0 Å². The van der Waals surface area contributed by atoms with Gasteiger partial charge in [0.25, 0.3) is 0 Å². The van der Waals surface area contributed by atoms with Gasteiger partial charge in [0.15, 0.2) is 0 Å². The third-order valence-corrected chi connectivity index (χ3v) is 4.66. The fraction of sp³-hybridized carbons (Fsp3) is 1.00. The highest BCUT2D eigenvalue weighted by atomic mass is 14.9. The summed E-state index contributed by atoms with van der Waals surface area (Å²) in [5, 5.41) is 3.73. The average molecular weight is 254 g/mol. The molecule has 1 atom stereocenters. The van der Waals surface area contributed by atoms with Gasteiger partial charge in [0, 0.05) is 6.54 Å². The predicted octanol–water partition coefficient (Wildman–Crippen LogP) is 3.41. The normalized spacial score (nSPS) is 20.8. The summed E-state index contributed by atoms with van der Waals surface area (Å²) in [6.45, 7) is 12.4. The minimum Gasteiger partial charge on any atom is -0.330 e. The maximum atomic E-state index is 5.84. The zero-order chi connectivity index (χ0) is 13.6. The summed E-state index contributed by atoms with van der Waals surface area (Å²) < 4.78 is 0. The minimum absolute atomic E-state index is 0.588. The SMILES string of the molecule is CC(C)CC1(CNCC(CN)C(C)C)CCCC1. The number of nitrogens with two attached hydrogens (primary N) is 1. The molecular formula is C16H34N2. The van der Waals surface area contributed by atoms with Gasteiger partial charge >= 0.3 is 0 Å². The van der Waals surface area contributed by atoms with E-state index in [1.807, 2.05) is 0 Å². The Balaban J connectivity index is 2.38. The van der Waals surface area contributed by atoms with Crippen LogP contribution in [-0.2, 0) is 0 Å². The van der Waals surface area contributed by atoms with Crippen LogP contribution in [0.3, 0.4) is 0 Å². The van der Waals surface area contributed by atoms with Crippen molar-refractivity contribution >= 4 is 0 Å². The number of rotatable bonds is 8. The standard InChI is InChI=1S/C16H34N2/c1-13(2)9-16(7-5-6-8-16)12-18-11-15(10-17)14(3)4/h13-15,18H,5-12,17H2,1-4H3. The largest absolute Gasteiger partial charge is 0.330 e. The van der Waals surface area contributed by atoms with E-state index < -0.39 is 0 Å². The lowest BCUT2D eigenvalue weighted by Gasteiger charge is -2.32. The van der Waals surface area contributed by atoms with Crippen LogP contribution in [0.4, 0.5) is 0 Å². The Morgan fingerprint density at radius 2 is 1.72 bits per heavy atom. The Morgan fingerprint density at radius 1 is 1.11 bits per heavy atom. The molecule has 0 spiro atoms. The minimum atomic E-state index is 0.588. The van der Waals surface area contributed by atoms with Gasteiger partial charge in [-0.05, 0) is 55.5 Å². The van der Waals surface area contributed by atoms with Crippen molar-refractivity contribution in [3.05, 3.63) is 0 Å². The van der Waals surface area contributed by atoms with Crippen LogP contribution >= 0.6 is 0 Å². The van der Waals surface area contributed by atoms with Crippen LogP contribution < -0.4 is 11.1 Å². The molecule has 3 N–H and O–H groups in total. The molecule has 0 heterocycles. The van der Waals surface area contributed by atoms with Crippen LogP contribution in [0.15, 0.2) is 0 Å². The van der Waals surface area contributed by atoms with Crippen molar-refractivity contribution in [1.29, 1.82) is 0 Å². The molecule has 108 valence electrons. The van der Waals surface area contributed by atoms with Crippen molar-refractivity contribution in [3.8, 4) is 0 Å². The van der Waals surface area contributed by atoms with Gasteiger partial charge in [-0.25, -0.2) is 0 Å². The molecular weight excluding hydrogens is 220 g/mol. The van der Waals surface area contributed by atoms with Crippen molar-refractivity contribution in [3.63, 3.8) is 0 Å². The monoisotopic (exact) mass is 254 g/mol. The van der Waals surface area contributed by atoms with E-state index >= 15 is 0 Å². The van der Waals surface area contributed by atoms with Gasteiger partial charge in [0.1, 0.15) is 0 Å². The number of nitrogens with one attached hydrogen (secondary N) is 1. The van der Waals surface area contributed by atoms with E-state index in [1.165, 1.54) is 38.6 Å². The van der Waals surface area contributed by atoms with Gasteiger partial charge < -0.3 is 11.1 Å². The van der Waals surface area contributed by atoms with Crippen molar-refractivity contribution < 1.29 is 0 Å². The molecule has 2 nitrogen and oxygen atoms in total. The van der Waals surface area contributed by atoms with E-state index in [9.17, 15) is 0 Å². The lowest BCUT2D eigenvalue weighted by Crippen LogP contribution is -2.38. The quantitative estimate of drug-likeness (QED) is 0.696. The molecule has 1 saturated carbocycles. The van der Waals surface area contributed by atoms with Crippen LogP contribution in [0.2, 0.25) is 0 Å². The van der Waals surface area contributed by atoms with Crippen LogP contribution in [0.5, 0.6) is 0 Å². The van der Waals surface area contributed by atoms with E-state index in [0.29, 0.717) is 17.3 Å². The van der Waals surface area contributed by atoms with Gasteiger partial charge in [-0.15, -0.1) is 0 Å². The zero-order valence-electron chi connectivity index (χ0n) is 13.0. The highest BCUT2D eigenvalue weighted by Gasteiger charge is 2.34. The van der Waals surface area contributed by atoms with Crippen LogP contribution in [0.25, 0.3) is 0 Å². The molecule has 0 aliphatic heterocycles. The molecule has 2 heteroatoms. The highest BCUT2D eigenvalue weighted by molar-refractivity contribution is 4.87. The van der Waals surface area contributed by atoms with E-state index in [2.05, 4.69) is 33.0 Å². The molecule has 1 rings (SSSR count). The first-order valence-corrected chi connectivity index (χ1v) is 7.90. The molecule has 0 radical (unpaired) electrons. The van der Waals surface area contributed by atoms with Gasteiger partial charge in [-0.3, -0.25) is 0 Å². The van der Waals surface area contributed by atoms with Crippen LogP contribution in [-0.4, -0.2) is 19.6 Å². The highest BCUT2D eigenvalue weighted by Crippen LogP contribution is 2.42. The molecule has 0 bridgehead atoms. The molecule has 1 unspecified atom stereocenters. The van der Waals surface area contributed by atoms with Gasteiger partial charge in [-0.1, -0.05) is 40.5 Å². The van der Waals surface area contributed by atoms with E-state index in [4.69, 9.17) is 5.73 Å². The fourth-order valence-corrected chi connectivity index (χ4v) is 3.56. The second kappa shape index (κ2) is 7.49. The summed E-state index contributed by atoms with van der Waals surface area (Å²) in [4.78, 5) is 0. The Morgan fingerprint density at radius 3 is 2.17 bits per heavy atom. The zero-order valence-corrected chi connectivity index (χ0v) is 13.0. The summed E-state index contributed by atoms with van der Waals surface area (Å²) in [6.07, 6.45) is 7.09. The smallest absolute Gasteiger partial charge is 0.000803 e. The summed E-state index contributed by atoms with van der Waals surface area (Å²) in [5.74, 6) is 2.13. The Bertz CT molecular complexity index is 217. The van der Waals surface area contributed by atoms with Crippen LogP contribution in [0.1, 0.15) is 59.8 Å². The fourth-order valence-electron chi connectivity index (χ4n) is 3.56. The first-order chi connectivity index (χ1) is 8.49. The van der Waals surface area contributed by atoms with Gasteiger partial charge in [0.05, 0.1) is 0 Å². The maximum absolute atomic E-state index is 5.84. The third kappa shape index (κ3) is 4.89. The predicted molar refractivity (Wildman–Crippen MR) is 80.6 cm³/mol. The van der Waals surface area contributed by atoms with E-state index in [0.717, 1.165) is 19.0 Å². The lowest BCUT2D eigenvalue weighted by atomic mass is 9.78. The summed E-state index contributed by atoms with van der Waals surface area (Å²) in [5.41, 5.74) is 6.43. The second-order valence-corrected chi connectivity index (χ2v) is 7.18. The molecule has 0 aromatic rings. The summed E-state index contributed by atoms with van der Waals surface area (Å²) in [7, 11) is 0. The van der Waals surface area contributed by atoms with Gasteiger partial charge in [0.2, 0.25) is 0 Å². The number of hydrogen-bond acceptors (Lipinski definition) is 2. The average Bonchev–Trinajstić information content (AvgIpc) is 2.71. The first-order valence-electron chi connectivity index (χ1n) is 7.90. The number of hydrogen-bond donors (Lipinski definition) is 2. The summed E-state index contributed by atoms with van der Waals surface area (Å²) >= 11 is 0. The Labute approximate surface area is 114 Å². The molecule has 1 aliphatic carbocycles. The topological polar surface area (TPSA) is 38.0 Å². The van der Waals surface area contributed by atoms with E-state index in [-0.39, 0.29) is 0 Å². The summed E-state index contributed by atoms with van der Waals surface area (Å²) in [6, 6.07) is 0. The Hall–Kier alpha value is -0.0800. The molecule has 0 aromatic carbocycles. The molecule has 0 amide bonds. The third-order valence-electron chi connectivity index (χ3n) is 4.66. The van der Waals surface area contributed by atoms with Crippen molar-refractivity contribution in [2.45, 2.75) is 59.8 Å². The van der Waals surface area contributed by atoms with Crippen molar-refractivity contribution in [2.24, 2.45) is 28.9 Å². The van der Waals surface area contributed by atoms with Crippen molar-refractivity contribution in [2.75, 3.05) is 19.6 Å². The maximum Gasteiger partial charge on any atom is 0.000803 e. The first kappa shape index (κ1) is 16.0. The molecule has 0 saturated heterocycles.